The molecular weight excluding hydrogens is 679 g/mol. The van der Waals surface area contributed by atoms with Crippen molar-refractivity contribution in [3.05, 3.63) is 0 Å². The Morgan fingerprint density at radius 2 is 0.582 bits per heavy atom. The largest absolute Gasteiger partial charge is 0.394 e. The summed E-state index contributed by atoms with van der Waals surface area (Å²) in [6.07, 6.45) is 54.1. The van der Waals surface area contributed by atoms with Crippen LogP contribution in [0.3, 0.4) is 0 Å². The van der Waals surface area contributed by atoms with Gasteiger partial charge in [-0.2, -0.15) is 0 Å². The zero-order valence-electron chi connectivity index (χ0n) is 37.6. The molecule has 0 aromatic rings. The number of nitrogens with one attached hydrogen (secondary N) is 1. The summed E-state index contributed by atoms with van der Waals surface area (Å²) in [4.78, 5) is 12.5. The van der Waals surface area contributed by atoms with Crippen molar-refractivity contribution in [1.29, 1.82) is 0 Å². The van der Waals surface area contributed by atoms with Gasteiger partial charge in [0.05, 0.1) is 18.8 Å². The van der Waals surface area contributed by atoms with E-state index in [4.69, 9.17) is 0 Å². The summed E-state index contributed by atoms with van der Waals surface area (Å²) >= 11 is 0. The molecule has 5 nitrogen and oxygen atoms in total. The lowest BCUT2D eigenvalue weighted by Crippen LogP contribution is -2.49. The van der Waals surface area contributed by atoms with E-state index in [9.17, 15) is 20.1 Å². The lowest BCUT2D eigenvalue weighted by atomic mass is 10.0. The van der Waals surface area contributed by atoms with Crippen LogP contribution in [0.25, 0.3) is 0 Å². The third-order valence-corrected chi connectivity index (χ3v) is 12.2. The Balaban J connectivity index is 3.52. The Morgan fingerprint density at radius 1 is 0.364 bits per heavy atom. The van der Waals surface area contributed by atoms with E-state index in [1.165, 1.54) is 231 Å². The third-order valence-electron chi connectivity index (χ3n) is 12.2. The van der Waals surface area contributed by atoms with E-state index in [2.05, 4.69) is 19.2 Å². The predicted octanol–water partition coefficient (Wildman–Crippen LogP) is 15.0. The fourth-order valence-corrected chi connectivity index (χ4v) is 8.25. The van der Waals surface area contributed by atoms with Gasteiger partial charge in [-0.3, -0.25) is 4.79 Å². The van der Waals surface area contributed by atoms with E-state index in [1.54, 1.807) is 0 Å². The molecule has 3 atom stereocenters. The summed E-state index contributed by atoms with van der Waals surface area (Å²) < 4.78 is 0. The summed E-state index contributed by atoms with van der Waals surface area (Å²) in [5.41, 5.74) is 0. The Hall–Kier alpha value is -0.650. The molecular formula is C50H101NO4. The van der Waals surface area contributed by atoms with E-state index < -0.39 is 24.2 Å². The van der Waals surface area contributed by atoms with Gasteiger partial charge in [0.25, 0.3) is 0 Å². The summed E-state index contributed by atoms with van der Waals surface area (Å²) in [7, 11) is 0. The van der Waals surface area contributed by atoms with Crippen LogP contribution in [0.15, 0.2) is 0 Å². The second-order valence-electron chi connectivity index (χ2n) is 17.7. The van der Waals surface area contributed by atoms with Gasteiger partial charge in [-0.25, -0.2) is 0 Å². The maximum atomic E-state index is 12.5. The smallest absolute Gasteiger partial charge is 0.249 e. The van der Waals surface area contributed by atoms with Crippen molar-refractivity contribution in [1.82, 2.24) is 5.32 Å². The van der Waals surface area contributed by atoms with Crippen LogP contribution in [-0.4, -0.2) is 46.1 Å². The summed E-state index contributed by atoms with van der Waals surface area (Å²) in [6, 6.07) is -0.706. The van der Waals surface area contributed by atoms with Crippen LogP contribution >= 0.6 is 0 Å². The molecule has 330 valence electrons. The molecule has 0 spiro atoms. The number of amides is 1. The molecule has 0 bridgehead atoms. The highest BCUT2D eigenvalue weighted by Crippen LogP contribution is 2.18. The highest BCUT2D eigenvalue weighted by Gasteiger charge is 2.23. The van der Waals surface area contributed by atoms with Crippen molar-refractivity contribution < 1.29 is 20.1 Å². The number of aliphatic hydroxyl groups excluding tert-OH is 3. The SMILES string of the molecule is CCCCCCCCCCCCCCCCCCCCCCCCCC(O)C(=O)NC(CO)C(O)CCCCCCCCCCCCCCCCCCCC. The number of carbonyl (C=O) groups excluding carboxylic acids is 1. The summed E-state index contributed by atoms with van der Waals surface area (Å²) in [5, 5.41) is 33.5. The Kier molecular flexibility index (Phi) is 45.5. The van der Waals surface area contributed by atoms with Crippen molar-refractivity contribution in [2.24, 2.45) is 0 Å². The molecule has 0 saturated carbocycles. The van der Waals surface area contributed by atoms with Crippen LogP contribution in [0, 0.1) is 0 Å². The number of hydrogen-bond donors (Lipinski definition) is 4. The van der Waals surface area contributed by atoms with Crippen molar-refractivity contribution in [2.75, 3.05) is 6.61 Å². The number of aliphatic hydroxyl groups is 3. The minimum Gasteiger partial charge on any atom is -0.394 e. The molecule has 0 radical (unpaired) electrons. The molecule has 0 heterocycles. The lowest BCUT2D eigenvalue weighted by molar-refractivity contribution is -0.131. The van der Waals surface area contributed by atoms with E-state index in [-0.39, 0.29) is 6.61 Å². The fraction of sp³-hybridized carbons (Fsp3) is 0.980. The van der Waals surface area contributed by atoms with E-state index in [0.717, 1.165) is 32.1 Å². The molecule has 1 amide bonds. The Labute approximate surface area is 345 Å². The van der Waals surface area contributed by atoms with Crippen molar-refractivity contribution >= 4 is 5.91 Å². The minimum atomic E-state index is -1.07. The number of carbonyl (C=O) groups is 1. The Morgan fingerprint density at radius 3 is 0.818 bits per heavy atom. The van der Waals surface area contributed by atoms with Gasteiger partial charge in [-0.05, 0) is 12.8 Å². The van der Waals surface area contributed by atoms with E-state index in [0.29, 0.717) is 12.8 Å². The molecule has 0 aliphatic heterocycles. The zero-order chi connectivity index (χ0) is 40.1. The quantitative estimate of drug-likeness (QED) is 0.0463. The first-order valence-corrected chi connectivity index (χ1v) is 25.3. The fourth-order valence-electron chi connectivity index (χ4n) is 8.25. The average Bonchev–Trinajstić information content (AvgIpc) is 3.19. The van der Waals surface area contributed by atoms with Gasteiger partial charge in [0.1, 0.15) is 6.10 Å². The van der Waals surface area contributed by atoms with Crippen LogP contribution < -0.4 is 5.32 Å². The lowest BCUT2D eigenvalue weighted by Gasteiger charge is -2.23. The van der Waals surface area contributed by atoms with Gasteiger partial charge in [-0.15, -0.1) is 0 Å². The topological polar surface area (TPSA) is 89.8 Å². The monoisotopic (exact) mass is 780 g/mol. The Bertz CT molecular complexity index is 733. The second kappa shape index (κ2) is 46.0. The molecule has 0 saturated heterocycles. The summed E-state index contributed by atoms with van der Waals surface area (Å²) in [6.45, 7) is 4.27. The van der Waals surface area contributed by atoms with Crippen LogP contribution in [0.1, 0.15) is 290 Å². The molecule has 0 fully saturated rings. The van der Waals surface area contributed by atoms with E-state index in [1.807, 2.05) is 0 Å². The minimum absolute atomic E-state index is 0.307. The van der Waals surface area contributed by atoms with Gasteiger partial charge in [0, 0.05) is 0 Å². The van der Waals surface area contributed by atoms with Crippen LogP contribution in [0.4, 0.5) is 0 Å². The second-order valence-corrected chi connectivity index (χ2v) is 17.7. The maximum Gasteiger partial charge on any atom is 0.249 e. The maximum absolute atomic E-state index is 12.5. The van der Waals surface area contributed by atoms with Crippen molar-refractivity contribution in [2.45, 2.75) is 308 Å². The molecule has 0 aromatic carbocycles. The van der Waals surface area contributed by atoms with Crippen LogP contribution in [0.2, 0.25) is 0 Å². The summed E-state index contributed by atoms with van der Waals surface area (Å²) in [5.74, 6) is -0.463. The molecule has 0 aliphatic rings. The van der Waals surface area contributed by atoms with Crippen LogP contribution in [0.5, 0.6) is 0 Å². The molecule has 0 aromatic heterocycles. The number of hydrogen-bond acceptors (Lipinski definition) is 4. The molecule has 55 heavy (non-hydrogen) atoms. The molecule has 0 aliphatic carbocycles. The predicted molar refractivity (Wildman–Crippen MR) is 241 cm³/mol. The zero-order valence-corrected chi connectivity index (χ0v) is 37.6. The molecule has 4 N–H and O–H groups in total. The van der Waals surface area contributed by atoms with Gasteiger partial charge in [0.2, 0.25) is 5.91 Å². The van der Waals surface area contributed by atoms with Crippen molar-refractivity contribution in [3.63, 3.8) is 0 Å². The number of unbranched alkanes of at least 4 members (excludes halogenated alkanes) is 39. The first-order valence-electron chi connectivity index (χ1n) is 25.3. The first kappa shape index (κ1) is 54.3. The van der Waals surface area contributed by atoms with Gasteiger partial charge >= 0.3 is 0 Å². The van der Waals surface area contributed by atoms with Crippen molar-refractivity contribution in [3.8, 4) is 0 Å². The normalized spacial score (nSPS) is 13.3. The van der Waals surface area contributed by atoms with Gasteiger partial charge in [0.15, 0.2) is 0 Å². The average molecular weight is 780 g/mol. The van der Waals surface area contributed by atoms with Gasteiger partial charge in [-0.1, -0.05) is 277 Å². The highest BCUT2D eigenvalue weighted by molar-refractivity contribution is 5.80. The number of rotatable bonds is 47. The first-order chi connectivity index (χ1) is 27.1. The molecule has 5 heteroatoms. The van der Waals surface area contributed by atoms with Gasteiger partial charge < -0.3 is 20.6 Å². The highest BCUT2D eigenvalue weighted by atomic mass is 16.3. The van der Waals surface area contributed by atoms with Crippen LogP contribution in [-0.2, 0) is 4.79 Å². The molecule has 0 rings (SSSR count). The van der Waals surface area contributed by atoms with E-state index >= 15 is 0 Å². The molecule has 3 unspecified atom stereocenters. The standard InChI is InChI=1S/C50H101NO4/c1-3-5-7-9-11-13-15-17-19-21-23-24-25-26-27-29-31-33-35-37-39-41-43-45-49(54)50(55)51-47(46-52)48(53)44-42-40-38-36-34-32-30-28-22-20-18-16-14-12-10-8-6-4-2/h47-49,52-54H,3-46H2,1-2H3,(H,51,55). The third kappa shape index (κ3) is 41.3.